The van der Waals surface area contributed by atoms with E-state index in [1.54, 1.807) is 18.2 Å². The molecule has 0 radical (unpaired) electrons. The van der Waals surface area contributed by atoms with Crippen LogP contribution in [-0.4, -0.2) is 11.1 Å². The average Bonchev–Trinajstić information content (AvgIpc) is 2.27. The third-order valence-electron chi connectivity index (χ3n) is 2.51. The van der Waals surface area contributed by atoms with Crippen molar-refractivity contribution in [1.29, 1.82) is 0 Å². The Labute approximate surface area is 85.8 Å². The van der Waals surface area contributed by atoms with Crippen molar-refractivity contribution in [2.45, 2.75) is 19.4 Å². The molecule has 0 amide bonds. The van der Waals surface area contributed by atoms with Crippen LogP contribution in [0.25, 0.3) is 0 Å². The van der Waals surface area contributed by atoms with Gasteiger partial charge in [-0.15, -0.1) is 8.96 Å². The highest BCUT2D eigenvalue weighted by Crippen LogP contribution is 2.30. The Bertz CT molecular complexity index is 351. The summed E-state index contributed by atoms with van der Waals surface area (Å²) in [6.07, 6.45) is 0. The van der Waals surface area contributed by atoms with Crippen LogP contribution >= 0.6 is 0 Å². The van der Waals surface area contributed by atoms with Gasteiger partial charge in [0.1, 0.15) is 5.54 Å². The number of halogens is 3. The molecule has 0 aromatic heterocycles. The quantitative estimate of drug-likeness (QED) is 0.559. The average molecular weight is 216 g/mol. The van der Waals surface area contributed by atoms with E-state index < -0.39 is 10.9 Å². The second-order valence-corrected chi connectivity index (χ2v) is 3.34. The monoisotopic (exact) mass is 216 g/mol. The van der Waals surface area contributed by atoms with Crippen molar-refractivity contribution >= 4 is 5.71 Å². The third kappa shape index (κ3) is 2.02. The second-order valence-electron chi connectivity index (χ2n) is 3.34. The zero-order valence-corrected chi connectivity index (χ0v) is 8.42. The summed E-state index contributed by atoms with van der Waals surface area (Å²) in [4.78, 5) is 0. The van der Waals surface area contributed by atoms with Gasteiger partial charge in [0.25, 0.3) is 0 Å². The first-order valence-electron chi connectivity index (χ1n) is 4.36. The van der Waals surface area contributed by atoms with E-state index in [0.29, 0.717) is 0 Å². The molecule has 2 nitrogen and oxygen atoms in total. The number of hydrogen-bond acceptors (Lipinski definition) is 2. The summed E-state index contributed by atoms with van der Waals surface area (Å²) in [6, 6.07) is 7.93. The van der Waals surface area contributed by atoms with Crippen molar-refractivity contribution < 1.29 is 13.4 Å². The van der Waals surface area contributed by atoms with Gasteiger partial charge in [0.15, 0.2) is 0 Å². The van der Waals surface area contributed by atoms with Gasteiger partial charge >= 0.3 is 0 Å². The van der Waals surface area contributed by atoms with Crippen molar-refractivity contribution in [1.82, 2.24) is 5.34 Å². The van der Waals surface area contributed by atoms with Gasteiger partial charge in [0.05, 0.1) is 5.71 Å². The molecule has 1 rings (SSSR count). The van der Waals surface area contributed by atoms with Gasteiger partial charge < -0.3 is 0 Å². The largest absolute Gasteiger partial charge is 0.146 e. The van der Waals surface area contributed by atoms with Crippen molar-refractivity contribution in [3.05, 3.63) is 35.9 Å². The summed E-state index contributed by atoms with van der Waals surface area (Å²) in [6.45, 7) is 2.43. The van der Waals surface area contributed by atoms with E-state index in [4.69, 9.17) is 0 Å². The molecule has 0 saturated carbocycles. The molecule has 0 heterocycles. The summed E-state index contributed by atoms with van der Waals surface area (Å²) in [5.74, 6) is 0. The Morgan fingerprint density at radius 3 is 2.20 bits per heavy atom. The molecule has 0 saturated heterocycles. The second kappa shape index (κ2) is 4.44. The van der Waals surface area contributed by atoms with E-state index in [2.05, 4.69) is 5.21 Å². The number of rotatable bonds is 3. The van der Waals surface area contributed by atoms with Crippen LogP contribution in [0.1, 0.15) is 19.4 Å². The standard InChI is InChI=1S/C10H11F3N2/c1-8(14-11)10(2,15(12)13)9-6-4-3-5-7-9/h3-7H,1-2H3. The van der Waals surface area contributed by atoms with Gasteiger partial charge in [-0.2, -0.15) is 0 Å². The maximum atomic E-state index is 12.8. The van der Waals surface area contributed by atoms with Crippen LogP contribution in [0.3, 0.4) is 0 Å². The van der Waals surface area contributed by atoms with Crippen LogP contribution in [0.15, 0.2) is 35.5 Å². The Morgan fingerprint density at radius 1 is 1.27 bits per heavy atom. The fourth-order valence-corrected chi connectivity index (χ4v) is 1.27. The summed E-state index contributed by atoms with van der Waals surface area (Å²) < 4.78 is 37.7. The highest BCUT2D eigenvalue weighted by atomic mass is 19.4. The summed E-state index contributed by atoms with van der Waals surface area (Å²) in [5.41, 5.74) is -1.83. The lowest BCUT2D eigenvalue weighted by molar-refractivity contribution is -0.207. The van der Waals surface area contributed by atoms with Gasteiger partial charge in [-0.05, 0) is 19.4 Å². The summed E-state index contributed by atoms with van der Waals surface area (Å²) >= 11 is 0. The Morgan fingerprint density at radius 2 is 1.80 bits per heavy atom. The fourth-order valence-electron chi connectivity index (χ4n) is 1.27. The predicted molar refractivity (Wildman–Crippen MR) is 52.1 cm³/mol. The van der Waals surface area contributed by atoms with E-state index in [1.165, 1.54) is 26.0 Å². The van der Waals surface area contributed by atoms with Crippen LogP contribution in [0.2, 0.25) is 0 Å². The molecule has 0 bridgehead atoms. The smallest absolute Gasteiger partial charge is 0.100 e. The van der Waals surface area contributed by atoms with Crippen molar-refractivity contribution in [2.24, 2.45) is 5.21 Å². The maximum Gasteiger partial charge on any atom is 0.146 e. The highest BCUT2D eigenvalue weighted by molar-refractivity contribution is 5.91. The zero-order valence-electron chi connectivity index (χ0n) is 8.42. The first-order valence-corrected chi connectivity index (χ1v) is 4.36. The Balaban J connectivity index is 3.25. The molecular weight excluding hydrogens is 205 g/mol. The maximum absolute atomic E-state index is 12.8. The normalized spacial score (nSPS) is 16.5. The molecule has 1 aromatic carbocycles. The van der Waals surface area contributed by atoms with Gasteiger partial charge in [-0.3, -0.25) is 0 Å². The lowest BCUT2D eigenvalue weighted by atomic mass is 9.88. The predicted octanol–water partition coefficient (Wildman–Crippen LogP) is 3.32. The third-order valence-corrected chi connectivity index (χ3v) is 2.51. The Kier molecular flexibility index (Phi) is 3.47. The molecule has 0 spiro atoms. The molecule has 0 N–H and O–H groups in total. The minimum Gasteiger partial charge on any atom is -0.100 e. The van der Waals surface area contributed by atoms with E-state index in [0.717, 1.165) is 0 Å². The van der Waals surface area contributed by atoms with Crippen LogP contribution in [-0.2, 0) is 5.54 Å². The van der Waals surface area contributed by atoms with Crippen LogP contribution < -0.4 is 0 Å². The molecule has 0 aliphatic rings. The summed E-state index contributed by atoms with van der Waals surface area (Å²) in [7, 11) is 0. The molecule has 0 aliphatic carbocycles. The van der Waals surface area contributed by atoms with Gasteiger partial charge in [-0.25, -0.2) is 0 Å². The molecule has 1 atom stereocenters. The van der Waals surface area contributed by atoms with Crippen molar-refractivity contribution in [3.8, 4) is 0 Å². The molecule has 82 valence electrons. The van der Waals surface area contributed by atoms with E-state index >= 15 is 0 Å². The molecule has 0 aliphatic heterocycles. The van der Waals surface area contributed by atoms with Gasteiger partial charge in [0.2, 0.25) is 0 Å². The van der Waals surface area contributed by atoms with Gasteiger partial charge in [0, 0.05) is 5.34 Å². The molecule has 1 unspecified atom stereocenters. The fraction of sp³-hybridized carbons (Fsp3) is 0.300. The Hall–Kier alpha value is -1.36. The number of benzene rings is 1. The van der Waals surface area contributed by atoms with E-state index in [9.17, 15) is 13.4 Å². The highest BCUT2D eigenvalue weighted by Gasteiger charge is 2.39. The van der Waals surface area contributed by atoms with E-state index in [-0.39, 0.29) is 11.3 Å². The first-order chi connectivity index (χ1) is 7.03. The lowest BCUT2D eigenvalue weighted by Gasteiger charge is -2.28. The zero-order chi connectivity index (χ0) is 11.5. The molecule has 0 fully saturated rings. The van der Waals surface area contributed by atoms with Gasteiger partial charge in [-0.1, -0.05) is 40.0 Å². The first kappa shape index (κ1) is 11.7. The van der Waals surface area contributed by atoms with Crippen molar-refractivity contribution in [2.75, 3.05) is 0 Å². The molecule has 1 aromatic rings. The minimum atomic E-state index is -1.82. The topological polar surface area (TPSA) is 15.6 Å². The van der Waals surface area contributed by atoms with Crippen molar-refractivity contribution in [3.63, 3.8) is 0 Å². The number of hydrogen-bond donors (Lipinski definition) is 0. The summed E-state index contributed by atoms with van der Waals surface area (Å²) in [5, 5.41) is 1.31. The molecular formula is C10H11F3N2. The number of nitrogens with zero attached hydrogens (tertiary/aromatic N) is 2. The van der Waals surface area contributed by atoms with Crippen LogP contribution in [0.4, 0.5) is 13.4 Å². The van der Waals surface area contributed by atoms with Crippen LogP contribution in [0.5, 0.6) is 0 Å². The minimum absolute atomic E-state index is 0.286. The lowest BCUT2D eigenvalue weighted by Crippen LogP contribution is -2.40. The van der Waals surface area contributed by atoms with E-state index in [1.807, 2.05) is 0 Å². The molecule has 15 heavy (non-hydrogen) atoms. The SMILES string of the molecule is CC(=NF)C(C)(c1ccccc1)N(F)F. The molecule has 5 heteroatoms. The van der Waals surface area contributed by atoms with Crippen LogP contribution in [0, 0.1) is 0 Å².